The molecule has 0 aliphatic heterocycles. The van der Waals surface area contributed by atoms with Crippen molar-refractivity contribution in [1.29, 1.82) is 0 Å². The summed E-state index contributed by atoms with van der Waals surface area (Å²) in [6, 6.07) is 7.53. The van der Waals surface area contributed by atoms with Crippen molar-refractivity contribution in [2.45, 2.75) is 33.0 Å². The Morgan fingerprint density at radius 3 is 2.27 bits per heavy atom. The van der Waals surface area contributed by atoms with Gasteiger partial charge in [-0.15, -0.1) is 0 Å². The Morgan fingerprint density at radius 2 is 1.73 bits per heavy atom. The zero-order chi connectivity index (χ0) is 22.5. The Labute approximate surface area is 171 Å². The van der Waals surface area contributed by atoms with Gasteiger partial charge in [0.15, 0.2) is 11.5 Å². The molecule has 1 N–H and O–H groups in total. The number of halogens is 3. The van der Waals surface area contributed by atoms with Crippen molar-refractivity contribution in [2.75, 3.05) is 13.7 Å². The van der Waals surface area contributed by atoms with Crippen LogP contribution in [0.3, 0.4) is 0 Å². The van der Waals surface area contributed by atoms with Crippen molar-refractivity contribution < 1.29 is 37.3 Å². The highest BCUT2D eigenvalue weighted by atomic mass is 19.4. The lowest BCUT2D eigenvalue weighted by molar-refractivity contribution is -0.138. The molecule has 2 aromatic rings. The lowest BCUT2D eigenvalue weighted by Gasteiger charge is -2.22. The molecule has 0 fully saturated rings. The number of carboxylic acids is 1. The molecule has 0 unspecified atom stereocenters. The molecule has 0 bridgehead atoms. The second kappa shape index (κ2) is 9.51. The molecule has 30 heavy (non-hydrogen) atoms. The zero-order valence-corrected chi connectivity index (χ0v) is 16.7. The number of carbonyl (C=O) groups excluding carboxylic acids is 1. The quantitative estimate of drug-likeness (QED) is 0.674. The van der Waals surface area contributed by atoms with Gasteiger partial charge in [-0.25, -0.2) is 0 Å². The van der Waals surface area contributed by atoms with Gasteiger partial charge < -0.3 is 19.5 Å². The number of nitrogens with zero attached hydrogens (tertiary/aromatic N) is 1. The van der Waals surface area contributed by atoms with E-state index in [1.165, 1.54) is 37.1 Å². The Bertz CT molecular complexity index is 927. The molecule has 0 saturated carbocycles. The summed E-state index contributed by atoms with van der Waals surface area (Å²) in [4.78, 5) is 24.1. The first-order valence-corrected chi connectivity index (χ1v) is 9.07. The fourth-order valence-corrected chi connectivity index (χ4v) is 2.83. The van der Waals surface area contributed by atoms with E-state index >= 15 is 0 Å². The number of carbonyl (C=O) groups is 2. The van der Waals surface area contributed by atoms with E-state index in [4.69, 9.17) is 14.6 Å². The Morgan fingerprint density at radius 1 is 1.07 bits per heavy atom. The summed E-state index contributed by atoms with van der Waals surface area (Å²) in [7, 11) is 1.39. The number of rotatable bonds is 8. The van der Waals surface area contributed by atoms with Crippen molar-refractivity contribution in [3.8, 4) is 17.2 Å². The summed E-state index contributed by atoms with van der Waals surface area (Å²) in [5.74, 6) is -0.784. The normalized spacial score (nSPS) is 11.1. The summed E-state index contributed by atoms with van der Waals surface area (Å²) in [6.45, 7) is 3.27. The monoisotopic (exact) mass is 425 g/mol. The molecule has 0 aromatic heterocycles. The Kier molecular flexibility index (Phi) is 7.31. The lowest BCUT2D eigenvalue weighted by Crippen LogP contribution is -2.28. The molecule has 0 saturated heterocycles. The zero-order valence-electron chi connectivity index (χ0n) is 16.7. The lowest BCUT2D eigenvalue weighted by atomic mass is 10.1. The predicted octanol–water partition coefficient (Wildman–Crippen LogP) is 4.50. The molecule has 6 nitrogen and oxygen atoms in total. The highest BCUT2D eigenvalue weighted by Gasteiger charge is 2.31. The van der Waals surface area contributed by atoms with Gasteiger partial charge in [-0.3, -0.25) is 9.59 Å². The standard InChI is InChI=1S/C21H22F3NO5/c1-4-25(13(2)26)12-15-11-16(21(22,23)24)6-8-17(15)30-19-9-14(10-20(27)28)5-7-18(19)29-3/h5-9,11H,4,10,12H2,1-3H3,(H,27,28). The first-order valence-electron chi connectivity index (χ1n) is 9.07. The number of ether oxygens (including phenoxy) is 2. The van der Waals surface area contributed by atoms with Gasteiger partial charge in [0.2, 0.25) is 5.91 Å². The third-order valence-corrected chi connectivity index (χ3v) is 4.38. The van der Waals surface area contributed by atoms with Crippen LogP contribution < -0.4 is 9.47 Å². The molecule has 0 radical (unpaired) electrons. The van der Waals surface area contributed by atoms with E-state index in [-0.39, 0.29) is 41.7 Å². The van der Waals surface area contributed by atoms with Gasteiger partial charge in [-0.1, -0.05) is 6.07 Å². The van der Waals surface area contributed by atoms with Gasteiger partial charge in [0.05, 0.1) is 19.1 Å². The van der Waals surface area contributed by atoms with Crippen LogP contribution in [-0.2, 0) is 28.7 Å². The van der Waals surface area contributed by atoms with Crippen molar-refractivity contribution in [3.05, 3.63) is 53.1 Å². The molecule has 0 aliphatic carbocycles. The van der Waals surface area contributed by atoms with Crippen LogP contribution in [0.2, 0.25) is 0 Å². The number of hydrogen-bond donors (Lipinski definition) is 1. The predicted molar refractivity (Wildman–Crippen MR) is 103 cm³/mol. The fraction of sp³-hybridized carbons (Fsp3) is 0.333. The van der Waals surface area contributed by atoms with Crippen LogP contribution in [0.5, 0.6) is 17.2 Å². The topological polar surface area (TPSA) is 76.1 Å². The van der Waals surface area contributed by atoms with E-state index in [1.807, 2.05) is 0 Å². The molecule has 0 heterocycles. The second-order valence-electron chi connectivity index (χ2n) is 6.51. The average molecular weight is 425 g/mol. The van der Waals surface area contributed by atoms with E-state index in [1.54, 1.807) is 13.0 Å². The van der Waals surface area contributed by atoms with Crippen LogP contribution in [0.25, 0.3) is 0 Å². The maximum Gasteiger partial charge on any atom is 0.416 e. The van der Waals surface area contributed by atoms with Crippen LogP contribution in [0.1, 0.15) is 30.5 Å². The maximum atomic E-state index is 13.2. The molecule has 0 aliphatic rings. The Balaban J connectivity index is 2.50. The van der Waals surface area contributed by atoms with Crippen LogP contribution in [0.15, 0.2) is 36.4 Å². The number of methoxy groups -OCH3 is 1. The highest BCUT2D eigenvalue weighted by Crippen LogP contribution is 2.37. The smallest absolute Gasteiger partial charge is 0.416 e. The summed E-state index contributed by atoms with van der Waals surface area (Å²) in [6.07, 6.45) is -4.81. The molecular formula is C21H22F3NO5. The highest BCUT2D eigenvalue weighted by molar-refractivity contribution is 5.73. The number of alkyl halides is 3. The van der Waals surface area contributed by atoms with Gasteiger partial charge in [-0.2, -0.15) is 13.2 Å². The number of benzene rings is 2. The van der Waals surface area contributed by atoms with Gasteiger partial charge in [0, 0.05) is 25.6 Å². The van der Waals surface area contributed by atoms with E-state index < -0.39 is 17.7 Å². The van der Waals surface area contributed by atoms with Crippen molar-refractivity contribution in [2.24, 2.45) is 0 Å². The van der Waals surface area contributed by atoms with Gasteiger partial charge >= 0.3 is 12.1 Å². The summed E-state index contributed by atoms with van der Waals surface area (Å²) >= 11 is 0. The maximum absolute atomic E-state index is 13.2. The number of amides is 1. The summed E-state index contributed by atoms with van der Waals surface area (Å²) in [5.41, 5.74) is -0.269. The summed E-state index contributed by atoms with van der Waals surface area (Å²) < 4.78 is 50.6. The number of hydrogen-bond acceptors (Lipinski definition) is 4. The van der Waals surface area contributed by atoms with Crippen molar-refractivity contribution in [3.63, 3.8) is 0 Å². The van der Waals surface area contributed by atoms with E-state index in [0.717, 1.165) is 12.1 Å². The first kappa shape index (κ1) is 23.1. The molecular weight excluding hydrogens is 403 g/mol. The van der Waals surface area contributed by atoms with Crippen LogP contribution >= 0.6 is 0 Å². The summed E-state index contributed by atoms with van der Waals surface area (Å²) in [5, 5.41) is 8.99. The minimum absolute atomic E-state index is 0.0811. The van der Waals surface area contributed by atoms with E-state index in [2.05, 4.69) is 0 Å². The third kappa shape index (κ3) is 5.88. The third-order valence-electron chi connectivity index (χ3n) is 4.38. The fourth-order valence-electron chi connectivity index (χ4n) is 2.83. The minimum Gasteiger partial charge on any atom is -0.493 e. The molecule has 2 rings (SSSR count). The van der Waals surface area contributed by atoms with Gasteiger partial charge in [-0.05, 0) is 42.8 Å². The molecule has 9 heteroatoms. The SMILES string of the molecule is CCN(Cc1cc(C(F)(F)F)ccc1Oc1cc(CC(=O)O)ccc1OC)C(C)=O. The molecule has 0 atom stereocenters. The van der Waals surface area contributed by atoms with E-state index in [9.17, 15) is 22.8 Å². The number of carboxylic acid groups (broad SMARTS) is 1. The van der Waals surface area contributed by atoms with Crippen molar-refractivity contribution in [1.82, 2.24) is 4.90 Å². The van der Waals surface area contributed by atoms with Crippen LogP contribution in [0.4, 0.5) is 13.2 Å². The largest absolute Gasteiger partial charge is 0.493 e. The molecule has 0 spiro atoms. The minimum atomic E-state index is -4.56. The average Bonchev–Trinajstić information content (AvgIpc) is 2.65. The Hall–Kier alpha value is -3.23. The molecule has 1 amide bonds. The second-order valence-corrected chi connectivity index (χ2v) is 6.51. The molecule has 2 aromatic carbocycles. The first-order chi connectivity index (χ1) is 14.0. The van der Waals surface area contributed by atoms with Crippen LogP contribution in [-0.4, -0.2) is 35.5 Å². The van der Waals surface area contributed by atoms with Gasteiger partial charge in [0.25, 0.3) is 0 Å². The van der Waals surface area contributed by atoms with Gasteiger partial charge in [0.1, 0.15) is 5.75 Å². The van der Waals surface area contributed by atoms with Crippen LogP contribution in [0, 0.1) is 0 Å². The van der Waals surface area contributed by atoms with Crippen molar-refractivity contribution >= 4 is 11.9 Å². The number of aliphatic carboxylic acids is 1. The van der Waals surface area contributed by atoms with E-state index in [0.29, 0.717) is 12.1 Å². The molecule has 162 valence electrons.